The van der Waals surface area contributed by atoms with Crippen molar-refractivity contribution in [1.29, 1.82) is 0 Å². The first-order valence-electron chi connectivity index (χ1n) is 14.6. The minimum Gasteiger partial charge on any atom is -0.465 e. The molecule has 2 saturated heterocycles. The molecule has 41 heavy (non-hydrogen) atoms. The number of thioether (sulfide) groups is 1. The quantitative estimate of drug-likeness (QED) is 0.356. The molecule has 4 atom stereocenters. The molecule has 1 saturated carbocycles. The maximum atomic E-state index is 13.3. The molecule has 5 rings (SSSR count). The summed E-state index contributed by atoms with van der Waals surface area (Å²) in [5.41, 5.74) is 0.985. The Bertz CT molecular complexity index is 1230. The van der Waals surface area contributed by atoms with E-state index < -0.39 is 6.09 Å². The second kappa shape index (κ2) is 11.7. The number of anilines is 2. The summed E-state index contributed by atoms with van der Waals surface area (Å²) in [5, 5.41) is 16.3. The molecule has 1 aliphatic carbocycles. The molecule has 0 aromatic carbocycles. The molecule has 0 radical (unpaired) electrons. The van der Waals surface area contributed by atoms with Crippen LogP contribution >= 0.6 is 11.8 Å². The number of nitrogens with one attached hydrogen (secondary N) is 2. The van der Waals surface area contributed by atoms with Gasteiger partial charge in [0.05, 0.1) is 0 Å². The fourth-order valence-electron chi connectivity index (χ4n) is 6.83. The van der Waals surface area contributed by atoms with Crippen LogP contribution in [-0.2, 0) is 4.79 Å². The van der Waals surface area contributed by atoms with Crippen molar-refractivity contribution in [3.05, 3.63) is 36.3 Å². The van der Waals surface area contributed by atoms with E-state index in [1.165, 1.54) is 0 Å². The van der Waals surface area contributed by atoms with Gasteiger partial charge in [0.15, 0.2) is 0 Å². The van der Waals surface area contributed by atoms with Gasteiger partial charge in [0, 0.05) is 73.6 Å². The molecule has 3 unspecified atom stereocenters. The third kappa shape index (κ3) is 6.39. The zero-order valence-electron chi connectivity index (χ0n) is 24.8. The van der Waals surface area contributed by atoms with E-state index in [0.717, 1.165) is 48.6 Å². The minimum atomic E-state index is -0.834. The summed E-state index contributed by atoms with van der Waals surface area (Å²) >= 11 is 1.62. The first-order valence-corrected chi connectivity index (χ1v) is 15.8. The number of nitrogens with zero attached hydrogens (tertiary/aromatic N) is 5. The number of carboxylic acid groups (broad SMARTS) is 1. The van der Waals surface area contributed by atoms with Crippen LogP contribution in [0.4, 0.5) is 16.6 Å². The number of likely N-dealkylation sites (tertiary alicyclic amines) is 2. The number of carbonyl (C=O) groups is 2. The van der Waals surface area contributed by atoms with Crippen molar-refractivity contribution in [3.63, 3.8) is 0 Å². The first kappa shape index (κ1) is 29.4. The summed E-state index contributed by atoms with van der Waals surface area (Å²) in [4.78, 5) is 43.0. The van der Waals surface area contributed by atoms with Gasteiger partial charge in [-0.15, -0.1) is 11.8 Å². The van der Waals surface area contributed by atoms with Gasteiger partial charge < -0.3 is 25.5 Å². The van der Waals surface area contributed by atoms with E-state index in [1.807, 2.05) is 35.8 Å². The Kier molecular flexibility index (Phi) is 8.36. The lowest BCUT2D eigenvalue weighted by molar-refractivity contribution is -0.151. The molecule has 10 nitrogen and oxygen atoms in total. The third-order valence-corrected chi connectivity index (χ3v) is 9.62. The lowest BCUT2D eigenvalue weighted by Gasteiger charge is -2.63. The van der Waals surface area contributed by atoms with Crippen LogP contribution in [-0.4, -0.2) is 86.9 Å². The van der Waals surface area contributed by atoms with E-state index in [2.05, 4.69) is 59.3 Å². The van der Waals surface area contributed by atoms with Gasteiger partial charge in [-0.2, -0.15) is 0 Å². The topological polar surface area (TPSA) is 124 Å². The van der Waals surface area contributed by atoms with Gasteiger partial charge in [0.1, 0.15) is 5.82 Å². The molecule has 3 fully saturated rings. The Labute approximate surface area is 247 Å². The van der Waals surface area contributed by atoms with Gasteiger partial charge in [-0.05, 0) is 54.4 Å². The highest BCUT2D eigenvalue weighted by Gasteiger charge is 2.60. The first-order chi connectivity index (χ1) is 19.5. The molecule has 2 amide bonds. The van der Waals surface area contributed by atoms with Crippen molar-refractivity contribution in [2.75, 3.05) is 49.6 Å². The Morgan fingerprint density at radius 3 is 2.37 bits per heavy atom. The van der Waals surface area contributed by atoms with Crippen LogP contribution in [0.1, 0.15) is 58.4 Å². The Morgan fingerprint density at radius 2 is 1.78 bits per heavy atom. The van der Waals surface area contributed by atoms with Crippen molar-refractivity contribution in [1.82, 2.24) is 24.8 Å². The average molecular weight is 582 g/mol. The van der Waals surface area contributed by atoms with E-state index in [4.69, 9.17) is 0 Å². The van der Waals surface area contributed by atoms with Crippen LogP contribution in [0, 0.1) is 22.7 Å². The normalized spacial score (nSPS) is 24.0. The van der Waals surface area contributed by atoms with Gasteiger partial charge >= 0.3 is 6.09 Å². The number of rotatable bonds is 9. The lowest BCUT2D eigenvalue weighted by atomic mass is 9.58. The number of aromatic nitrogens is 3. The highest BCUT2D eigenvalue weighted by Crippen LogP contribution is 2.54. The molecular weight excluding hydrogens is 538 g/mol. The largest absolute Gasteiger partial charge is 0.465 e. The molecule has 1 spiro atoms. The highest BCUT2D eigenvalue weighted by molar-refractivity contribution is 7.98. The number of hydrogen-bond donors (Lipinski definition) is 3. The SMILES string of the molecule is CSc1cnc(NC[C@H](C)CNc2ccc(C3CC3C(=O)N3CCC4(CC3)CN(C(=O)O)C4C(C)(C)C)cn2)nc1. The van der Waals surface area contributed by atoms with Crippen molar-refractivity contribution in [2.45, 2.75) is 63.8 Å². The fourth-order valence-corrected chi connectivity index (χ4v) is 7.15. The lowest BCUT2D eigenvalue weighted by Crippen LogP contribution is -2.72. The van der Waals surface area contributed by atoms with E-state index >= 15 is 0 Å². The Hall–Kier alpha value is -3.08. The number of hydrogen-bond acceptors (Lipinski definition) is 8. The monoisotopic (exact) mass is 581 g/mol. The van der Waals surface area contributed by atoms with Crippen molar-refractivity contribution in [2.24, 2.45) is 22.7 Å². The second-order valence-corrected chi connectivity index (χ2v) is 14.0. The summed E-state index contributed by atoms with van der Waals surface area (Å²) < 4.78 is 0. The molecule has 2 aromatic rings. The number of amides is 2. The van der Waals surface area contributed by atoms with Crippen molar-refractivity contribution in [3.8, 4) is 0 Å². The molecule has 3 N–H and O–H groups in total. The zero-order valence-corrected chi connectivity index (χ0v) is 25.6. The highest BCUT2D eigenvalue weighted by atomic mass is 32.2. The maximum Gasteiger partial charge on any atom is 0.407 e. The molecule has 2 aliphatic heterocycles. The van der Waals surface area contributed by atoms with Crippen molar-refractivity contribution < 1.29 is 14.7 Å². The van der Waals surface area contributed by atoms with Gasteiger partial charge in [-0.25, -0.2) is 19.7 Å². The van der Waals surface area contributed by atoms with Crippen molar-refractivity contribution >= 4 is 35.5 Å². The van der Waals surface area contributed by atoms with Crippen LogP contribution in [0.25, 0.3) is 0 Å². The average Bonchev–Trinajstić information content (AvgIpc) is 3.74. The molecular formula is C30H43N7O3S. The van der Waals surface area contributed by atoms with E-state index in [1.54, 1.807) is 16.7 Å². The molecule has 4 heterocycles. The second-order valence-electron chi connectivity index (χ2n) is 13.1. The predicted molar refractivity (Wildman–Crippen MR) is 161 cm³/mol. The molecule has 2 aromatic heterocycles. The summed E-state index contributed by atoms with van der Waals surface area (Å²) in [5.74, 6) is 2.31. The third-order valence-electron chi connectivity index (χ3n) is 8.94. The van der Waals surface area contributed by atoms with Gasteiger partial charge in [0.25, 0.3) is 0 Å². The summed E-state index contributed by atoms with van der Waals surface area (Å²) in [6, 6.07) is 4.09. The van der Waals surface area contributed by atoms with E-state index in [-0.39, 0.29) is 34.6 Å². The fraction of sp³-hybridized carbons (Fsp3) is 0.633. The molecule has 222 valence electrons. The molecule has 0 bridgehead atoms. The van der Waals surface area contributed by atoms with Gasteiger partial charge in [-0.1, -0.05) is 33.8 Å². The van der Waals surface area contributed by atoms with Gasteiger partial charge in [-0.3, -0.25) is 4.79 Å². The standard InChI is InChI=1S/C30H43N7O3S/c1-19(14-33-27-34-16-21(41-5)17-35-27)13-31-24-7-6-20(15-32-24)22-12-23(22)25(38)36-10-8-30(9-11-36)18-37(28(39)40)26(30)29(2,3)4/h6-7,15-17,19,22-23,26H,8-14,18H2,1-5H3,(H,31,32)(H,39,40)(H,33,34,35)/t19-,22?,23?,26?/m1/s1. The van der Waals surface area contributed by atoms with Crippen LogP contribution in [0.2, 0.25) is 0 Å². The number of piperidine rings is 1. The van der Waals surface area contributed by atoms with E-state index in [9.17, 15) is 14.7 Å². The van der Waals surface area contributed by atoms with Crippen LogP contribution < -0.4 is 10.6 Å². The molecule has 11 heteroatoms. The zero-order chi connectivity index (χ0) is 29.4. The maximum absolute atomic E-state index is 13.3. The molecule has 3 aliphatic rings. The van der Waals surface area contributed by atoms with Gasteiger partial charge in [0.2, 0.25) is 11.9 Å². The number of pyridine rings is 1. The minimum absolute atomic E-state index is 0.00194. The number of carbonyl (C=O) groups excluding carboxylic acids is 1. The Morgan fingerprint density at radius 1 is 1.10 bits per heavy atom. The van der Waals surface area contributed by atoms with Crippen LogP contribution in [0.3, 0.4) is 0 Å². The van der Waals surface area contributed by atoms with Crippen LogP contribution in [0.5, 0.6) is 0 Å². The summed E-state index contributed by atoms with van der Waals surface area (Å²) in [7, 11) is 0. The smallest absolute Gasteiger partial charge is 0.407 e. The van der Waals surface area contributed by atoms with E-state index in [0.29, 0.717) is 31.5 Å². The van der Waals surface area contributed by atoms with Crippen LogP contribution in [0.15, 0.2) is 35.6 Å². The Balaban J connectivity index is 1.06. The predicted octanol–water partition coefficient (Wildman–Crippen LogP) is 4.87. The summed E-state index contributed by atoms with van der Waals surface area (Å²) in [6.07, 6.45) is 9.32. The summed E-state index contributed by atoms with van der Waals surface area (Å²) in [6.45, 7) is 12.0.